The van der Waals surface area contributed by atoms with Crippen LogP contribution in [-0.4, -0.2) is 54.1 Å². The van der Waals surface area contributed by atoms with Crippen LogP contribution in [0.2, 0.25) is 0 Å². The number of hydrogen-bond acceptors (Lipinski definition) is 7. The smallest absolute Gasteiger partial charge is 0.323 e. The first kappa shape index (κ1) is 21.1. The normalized spacial score (nSPS) is 28.6. The van der Waals surface area contributed by atoms with Gasteiger partial charge in [-0.2, -0.15) is 0 Å². The molecule has 26 heavy (non-hydrogen) atoms. The van der Waals surface area contributed by atoms with Gasteiger partial charge < -0.3 is 14.2 Å². The van der Waals surface area contributed by atoms with Crippen molar-refractivity contribution in [3.63, 3.8) is 0 Å². The van der Waals surface area contributed by atoms with Gasteiger partial charge in [0.1, 0.15) is 11.6 Å². The number of hydrogen-bond donors (Lipinski definition) is 1. The Kier molecular flexibility index (Phi) is 7.43. The second-order valence-electron chi connectivity index (χ2n) is 8.18. The SMILES string of the molecule is CCOC(=O)C1CCC(O[C@@H](N)N2CCC[C@H]2C(=O)OC(C)(C)C)CC1. The third-order valence-electron chi connectivity index (χ3n) is 4.93. The maximum Gasteiger partial charge on any atom is 0.323 e. The molecule has 2 atom stereocenters. The van der Waals surface area contributed by atoms with E-state index in [0.717, 1.165) is 45.1 Å². The van der Waals surface area contributed by atoms with Crippen LogP contribution >= 0.6 is 0 Å². The van der Waals surface area contributed by atoms with Gasteiger partial charge >= 0.3 is 11.9 Å². The van der Waals surface area contributed by atoms with Gasteiger partial charge in [-0.15, -0.1) is 0 Å². The lowest BCUT2D eigenvalue weighted by Gasteiger charge is -2.35. The minimum Gasteiger partial charge on any atom is -0.466 e. The van der Waals surface area contributed by atoms with Gasteiger partial charge in [0, 0.05) is 6.54 Å². The van der Waals surface area contributed by atoms with Crippen molar-refractivity contribution in [2.45, 2.75) is 90.3 Å². The van der Waals surface area contributed by atoms with Crippen molar-refractivity contribution >= 4 is 11.9 Å². The molecular weight excluding hydrogens is 336 g/mol. The summed E-state index contributed by atoms with van der Waals surface area (Å²) in [6.07, 6.45) is 4.09. The zero-order valence-corrected chi connectivity index (χ0v) is 16.5. The summed E-state index contributed by atoms with van der Waals surface area (Å²) in [5.74, 6) is -0.382. The van der Waals surface area contributed by atoms with Crippen LogP contribution in [0, 0.1) is 5.92 Å². The average Bonchev–Trinajstić information content (AvgIpc) is 3.04. The summed E-state index contributed by atoms with van der Waals surface area (Å²) < 4.78 is 16.6. The van der Waals surface area contributed by atoms with Gasteiger partial charge in [0.25, 0.3) is 0 Å². The molecule has 0 radical (unpaired) electrons. The molecule has 0 aromatic heterocycles. The predicted molar refractivity (Wildman–Crippen MR) is 97.0 cm³/mol. The molecule has 7 nitrogen and oxygen atoms in total. The highest BCUT2D eigenvalue weighted by molar-refractivity contribution is 5.76. The molecule has 2 rings (SSSR count). The van der Waals surface area contributed by atoms with Crippen LogP contribution in [0.25, 0.3) is 0 Å². The van der Waals surface area contributed by atoms with Crippen LogP contribution in [0.5, 0.6) is 0 Å². The van der Waals surface area contributed by atoms with Crippen molar-refractivity contribution < 1.29 is 23.8 Å². The third kappa shape index (κ3) is 5.93. The van der Waals surface area contributed by atoms with E-state index < -0.39 is 12.0 Å². The first-order valence-electron chi connectivity index (χ1n) is 9.77. The number of esters is 2. The highest BCUT2D eigenvalue weighted by Crippen LogP contribution is 2.29. The molecule has 1 aliphatic carbocycles. The predicted octanol–water partition coefficient (Wildman–Crippen LogP) is 2.17. The van der Waals surface area contributed by atoms with Crippen LogP contribution in [0.4, 0.5) is 0 Å². The molecule has 2 N–H and O–H groups in total. The second-order valence-corrected chi connectivity index (χ2v) is 8.18. The first-order chi connectivity index (χ1) is 12.2. The zero-order chi connectivity index (χ0) is 19.3. The molecule has 0 aromatic carbocycles. The highest BCUT2D eigenvalue weighted by atomic mass is 16.6. The summed E-state index contributed by atoms with van der Waals surface area (Å²) >= 11 is 0. The van der Waals surface area contributed by atoms with E-state index in [4.69, 9.17) is 19.9 Å². The lowest BCUT2D eigenvalue weighted by Crippen LogP contribution is -2.52. The Balaban J connectivity index is 1.83. The third-order valence-corrected chi connectivity index (χ3v) is 4.93. The number of likely N-dealkylation sites (tertiary alicyclic amines) is 1. The van der Waals surface area contributed by atoms with E-state index >= 15 is 0 Å². The fourth-order valence-electron chi connectivity index (χ4n) is 3.69. The largest absolute Gasteiger partial charge is 0.466 e. The summed E-state index contributed by atoms with van der Waals surface area (Å²) in [7, 11) is 0. The van der Waals surface area contributed by atoms with Crippen molar-refractivity contribution in [1.82, 2.24) is 4.90 Å². The van der Waals surface area contributed by atoms with Gasteiger partial charge in [0.2, 0.25) is 0 Å². The zero-order valence-electron chi connectivity index (χ0n) is 16.5. The fraction of sp³-hybridized carbons (Fsp3) is 0.895. The van der Waals surface area contributed by atoms with Gasteiger partial charge in [-0.3, -0.25) is 20.2 Å². The molecule has 0 bridgehead atoms. The Bertz CT molecular complexity index is 483. The molecular formula is C19H34N2O5. The van der Waals surface area contributed by atoms with Crippen LogP contribution in [0.3, 0.4) is 0 Å². The van der Waals surface area contributed by atoms with Crippen molar-refractivity contribution in [3.8, 4) is 0 Å². The molecule has 0 aromatic rings. The topological polar surface area (TPSA) is 91.1 Å². The molecule has 1 saturated heterocycles. The van der Waals surface area contributed by atoms with Crippen molar-refractivity contribution in [2.24, 2.45) is 11.7 Å². The van der Waals surface area contributed by atoms with E-state index in [-0.39, 0.29) is 30.0 Å². The van der Waals surface area contributed by atoms with E-state index in [1.54, 1.807) is 0 Å². The van der Waals surface area contributed by atoms with E-state index in [2.05, 4.69) is 0 Å². The van der Waals surface area contributed by atoms with Gasteiger partial charge in [-0.25, -0.2) is 0 Å². The van der Waals surface area contributed by atoms with E-state index in [0.29, 0.717) is 6.61 Å². The minimum absolute atomic E-state index is 0.00978. The van der Waals surface area contributed by atoms with Crippen LogP contribution in [-0.2, 0) is 23.8 Å². The molecule has 7 heteroatoms. The van der Waals surface area contributed by atoms with E-state index in [9.17, 15) is 9.59 Å². The molecule has 1 heterocycles. The number of nitrogens with two attached hydrogens (primary N) is 1. The molecule has 2 aliphatic rings. The molecule has 1 aliphatic heterocycles. The fourth-order valence-corrected chi connectivity index (χ4v) is 3.69. The van der Waals surface area contributed by atoms with Crippen LogP contribution in [0.15, 0.2) is 0 Å². The Morgan fingerprint density at radius 1 is 1.12 bits per heavy atom. The van der Waals surface area contributed by atoms with Gasteiger partial charge in [0.15, 0.2) is 6.35 Å². The Labute approximate surface area is 156 Å². The number of carbonyl (C=O) groups is 2. The Morgan fingerprint density at radius 3 is 2.35 bits per heavy atom. The first-order valence-corrected chi connectivity index (χ1v) is 9.77. The summed E-state index contributed by atoms with van der Waals surface area (Å²) in [6, 6.07) is -0.347. The van der Waals surface area contributed by atoms with Gasteiger partial charge in [-0.1, -0.05) is 0 Å². The monoisotopic (exact) mass is 370 g/mol. The lowest BCUT2D eigenvalue weighted by molar-refractivity contribution is -0.170. The lowest BCUT2D eigenvalue weighted by atomic mass is 9.87. The van der Waals surface area contributed by atoms with Gasteiger partial charge in [0.05, 0.1) is 18.6 Å². The number of ether oxygens (including phenoxy) is 3. The molecule has 2 fully saturated rings. The van der Waals surface area contributed by atoms with Crippen LogP contribution < -0.4 is 5.73 Å². The standard InChI is InChI=1S/C19H34N2O5/c1-5-24-16(22)13-8-10-14(11-9-13)25-18(20)21-12-6-7-15(21)17(23)26-19(2,3)4/h13-15,18H,5-12,20H2,1-4H3/t13?,14?,15-,18-/m0/s1. The Morgan fingerprint density at radius 2 is 1.77 bits per heavy atom. The van der Waals surface area contributed by atoms with E-state index in [1.807, 2.05) is 32.6 Å². The number of rotatable bonds is 6. The minimum atomic E-state index is -0.626. The maximum absolute atomic E-state index is 12.4. The quantitative estimate of drug-likeness (QED) is 0.566. The van der Waals surface area contributed by atoms with Gasteiger partial charge in [-0.05, 0) is 66.2 Å². The van der Waals surface area contributed by atoms with Crippen molar-refractivity contribution in [3.05, 3.63) is 0 Å². The van der Waals surface area contributed by atoms with Crippen LogP contribution in [0.1, 0.15) is 66.2 Å². The molecule has 1 saturated carbocycles. The number of nitrogens with zero attached hydrogens (tertiary/aromatic N) is 1. The summed E-state index contributed by atoms with van der Waals surface area (Å²) in [4.78, 5) is 26.1. The Hall–Kier alpha value is -1.18. The molecule has 150 valence electrons. The second kappa shape index (κ2) is 9.15. The molecule has 0 spiro atoms. The number of carbonyl (C=O) groups excluding carboxylic acids is 2. The summed E-state index contributed by atoms with van der Waals surface area (Å²) in [5.41, 5.74) is 5.74. The van der Waals surface area contributed by atoms with Crippen molar-refractivity contribution in [1.29, 1.82) is 0 Å². The maximum atomic E-state index is 12.4. The molecule has 0 amide bonds. The summed E-state index contributed by atoms with van der Waals surface area (Å²) in [5, 5.41) is 0. The van der Waals surface area contributed by atoms with Crippen molar-refractivity contribution in [2.75, 3.05) is 13.2 Å². The summed E-state index contributed by atoms with van der Waals surface area (Å²) in [6.45, 7) is 8.56. The molecule has 0 unspecified atom stereocenters. The average molecular weight is 370 g/mol. The van der Waals surface area contributed by atoms with E-state index in [1.165, 1.54) is 0 Å². The highest BCUT2D eigenvalue weighted by Gasteiger charge is 2.38.